The highest BCUT2D eigenvalue weighted by Gasteiger charge is 2.23. The van der Waals surface area contributed by atoms with Crippen LogP contribution in [0.5, 0.6) is 0 Å². The van der Waals surface area contributed by atoms with E-state index in [1.807, 2.05) is 6.92 Å². The number of nitro benzene ring substituents is 1. The van der Waals surface area contributed by atoms with Gasteiger partial charge in [0, 0.05) is 20.2 Å². The van der Waals surface area contributed by atoms with E-state index >= 15 is 0 Å². The van der Waals surface area contributed by atoms with E-state index in [2.05, 4.69) is 10.6 Å². The monoisotopic (exact) mass is 299 g/mol. The maximum absolute atomic E-state index is 13.6. The lowest BCUT2D eigenvalue weighted by Crippen LogP contribution is -2.32. The molecule has 0 saturated heterocycles. The Morgan fingerprint density at radius 2 is 2.19 bits per heavy atom. The second-order valence-electron chi connectivity index (χ2n) is 4.33. The third kappa shape index (κ3) is 4.38. The summed E-state index contributed by atoms with van der Waals surface area (Å²) < 4.78 is 18.8. The predicted octanol–water partition coefficient (Wildman–Crippen LogP) is 1.93. The van der Waals surface area contributed by atoms with E-state index in [9.17, 15) is 19.3 Å². The van der Waals surface area contributed by atoms with Crippen molar-refractivity contribution in [3.63, 3.8) is 0 Å². The van der Waals surface area contributed by atoms with Gasteiger partial charge in [-0.25, -0.2) is 4.39 Å². The van der Waals surface area contributed by atoms with Crippen LogP contribution in [0.3, 0.4) is 0 Å². The summed E-state index contributed by atoms with van der Waals surface area (Å²) >= 11 is 0. The van der Waals surface area contributed by atoms with Crippen LogP contribution in [0.1, 0.15) is 24.2 Å². The molecule has 0 radical (unpaired) electrons. The van der Waals surface area contributed by atoms with Gasteiger partial charge in [0.2, 0.25) is 0 Å². The van der Waals surface area contributed by atoms with Gasteiger partial charge in [-0.1, -0.05) is 0 Å². The number of carbonyl (C=O) groups excluding carboxylic acids is 1. The fourth-order valence-corrected chi connectivity index (χ4v) is 1.76. The summed E-state index contributed by atoms with van der Waals surface area (Å²) in [6, 6.07) is 1.85. The minimum absolute atomic E-state index is 0.0172. The van der Waals surface area contributed by atoms with Gasteiger partial charge in [-0.05, 0) is 19.9 Å². The van der Waals surface area contributed by atoms with E-state index in [1.165, 1.54) is 7.05 Å². The molecule has 1 amide bonds. The van der Waals surface area contributed by atoms with Crippen LogP contribution in [0.4, 0.5) is 15.8 Å². The minimum atomic E-state index is -0.788. The molecule has 0 heterocycles. The van der Waals surface area contributed by atoms with E-state index in [1.54, 1.807) is 6.92 Å². The number of nitrogens with one attached hydrogen (secondary N) is 2. The Balaban J connectivity index is 2.99. The molecule has 1 aromatic carbocycles. The Kier molecular flexibility index (Phi) is 6.04. The van der Waals surface area contributed by atoms with Crippen molar-refractivity contribution >= 4 is 17.3 Å². The third-order valence-corrected chi connectivity index (χ3v) is 2.80. The van der Waals surface area contributed by atoms with Crippen LogP contribution in [0.25, 0.3) is 0 Å². The quantitative estimate of drug-likeness (QED) is 0.592. The molecular weight excluding hydrogens is 281 g/mol. The fraction of sp³-hybridized carbons (Fsp3) is 0.462. The van der Waals surface area contributed by atoms with Crippen LogP contribution in [-0.2, 0) is 4.74 Å². The number of carbonyl (C=O) groups is 1. The summed E-state index contributed by atoms with van der Waals surface area (Å²) in [5, 5.41) is 16.0. The molecule has 1 aromatic rings. The van der Waals surface area contributed by atoms with E-state index in [-0.39, 0.29) is 23.9 Å². The highest BCUT2D eigenvalue weighted by Crippen LogP contribution is 2.25. The molecule has 0 aliphatic rings. The molecule has 116 valence electrons. The van der Waals surface area contributed by atoms with E-state index in [0.717, 1.165) is 12.1 Å². The van der Waals surface area contributed by atoms with Gasteiger partial charge in [-0.3, -0.25) is 14.9 Å². The third-order valence-electron chi connectivity index (χ3n) is 2.80. The molecule has 0 bridgehead atoms. The molecule has 0 fully saturated rings. The number of benzene rings is 1. The zero-order chi connectivity index (χ0) is 16.0. The smallest absolute Gasteiger partial charge is 0.285 e. The van der Waals surface area contributed by atoms with Crippen LogP contribution >= 0.6 is 0 Å². The van der Waals surface area contributed by atoms with Crippen molar-refractivity contribution in [3.8, 4) is 0 Å². The van der Waals surface area contributed by atoms with Crippen LogP contribution in [0.2, 0.25) is 0 Å². The molecule has 1 rings (SSSR count). The molecule has 1 atom stereocenters. The summed E-state index contributed by atoms with van der Waals surface area (Å²) in [7, 11) is 1.46. The van der Waals surface area contributed by atoms with Crippen LogP contribution in [0.15, 0.2) is 12.1 Å². The molecule has 0 aliphatic carbocycles. The lowest BCUT2D eigenvalue weighted by Gasteiger charge is -2.13. The highest BCUT2D eigenvalue weighted by atomic mass is 19.1. The van der Waals surface area contributed by atoms with Gasteiger partial charge >= 0.3 is 0 Å². The first kappa shape index (κ1) is 16.8. The fourth-order valence-electron chi connectivity index (χ4n) is 1.76. The van der Waals surface area contributed by atoms with Crippen LogP contribution in [-0.4, -0.2) is 37.1 Å². The number of rotatable bonds is 7. The number of halogens is 1. The molecule has 0 aromatic heterocycles. The number of anilines is 1. The summed E-state index contributed by atoms with van der Waals surface area (Å²) in [6.45, 7) is 4.29. The number of ether oxygens (including phenoxy) is 1. The van der Waals surface area contributed by atoms with Gasteiger partial charge in [0.1, 0.15) is 5.56 Å². The molecule has 21 heavy (non-hydrogen) atoms. The average Bonchev–Trinajstić information content (AvgIpc) is 2.44. The van der Waals surface area contributed by atoms with E-state index in [4.69, 9.17) is 4.74 Å². The maximum atomic E-state index is 13.6. The Bertz CT molecular complexity index is 536. The van der Waals surface area contributed by atoms with Gasteiger partial charge < -0.3 is 15.4 Å². The van der Waals surface area contributed by atoms with Crippen molar-refractivity contribution < 1.29 is 18.8 Å². The first-order chi connectivity index (χ1) is 9.90. The number of hydrogen-bond donors (Lipinski definition) is 2. The first-order valence-electron chi connectivity index (χ1n) is 6.46. The Morgan fingerprint density at radius 1 is 1.52 bits per heavy atom. The van der Waals surface area contributed by atoms with Crippen molar-refractivity contribution in [2.45, 2.75) is 20.0 Å². The number of hydrogen-bond acceptors (Lipinski definition) is 5. The summed E-state index contributed by atoms with van der Waals surface area (Å²) in [5.74, 6) is -1.44. The summed E-state index contributed by atoms with van der Waals surface area (Å²) in [5.41, 5.74) is -0.758. The van der Waals surface area contributed by atoms with Crippen LogP contribution < -0.4 is 10.6 Å². The molecule has 8 heteroatoms. The van der Waals surface area contributed by atoms with E-state index in [0.29, 0.717) is 6.61 Å². The van der Waals surface area contributed by atoms with Crippen molar-refractivity contribution in [3.05, 3.63) is 33.6 Å². The van der Waals surface area contributed by atoms with Gasteiger partial charge in [0.25, 0.3) is 11.6 Å². The summed E-state index contributed by atoms with van der Waals surface area (Å²) in [4.78, 5) is 22.2. The Labute approximate surface area is 121 Å². The van der Waals surface area contributed by atoms with E-state index < -0.39 is 22.3 Å². The van der Waals surface area contributed by atoms with Crippen molar-refractivity contribution in [2.75, 3.05) is 25.5 Å². The lowest BCUT2D eigenvalue weighted by atomic mass is 10.1. The Morgan fingerprint density at radius 3 is 2.71 bits per heavy atom. The SMILES string of the molecule is CCOC(C)CNC(=O)c1cc(NC)c(F)cc1[N+](=O)[O-]. The number of amides is 1. The predicted molar refractivity (Wildman–Crippen MR) is 76.0 cm³/mol. The second-order valence-corrected chi connectivity index (χ2v) is 4.33. The zero-order valence-electron chi connectivity index (χ0n) is 12.1. The van der Waals surface area contributed by atoms with Crippen LogP contribution in [0, 0.1) is 15.9 Å². The standard InChI is InChI=1S/C13H18FN3O4/c1-4-21-8(2)7-16-13(18)9-5-11(15-3)10(14)6-12(9)17(19)20/h5-6,8,15H,4,7H2,1-3H3,(H,16,18). The number of nitrogens with zero attached hydrogens (tertiary/aromatic N) is 1. The molecule has 7 nitrogen and oxygen atoms in total. The minimum Gasteiger partial charge on any atom is -0.386 e. The molecule has 0 aliphatic heterocycles. The summed E-state index contributed by atoms with van der Waals surface area (Å²) in [6.07, 6.45) is -0.220. The van der Waals surface area contributed by atoms with Crippen molar-refractivity contribution in [1.82, 2.24) is 5.32 Å². The molecular formula is C13H18FN3O4. The molecule has 1 unspecified atom stereocenters. The zero-order valence-corrected chi connectivity index (χ0v) is 12.1. The largest absolute Gasteiger partial charge is 0.386 e. The molecule has 0 spiro atoms. The van der Waals surface area contributed by atoms with Crippen molar-refractivity contribution in [2.24, 2.45) is 0 Å². The maximum Gasteiger partial charge on any atom is 0.285 e. The number of nitro groups is 1. The van der Waals surface area contributed by atoms with Gasteiger partial charge in [0.15, 0.2) is 5.82 Å². The topological polar surface area (TPSA) is 93.5 Å². The Hall–Kier alpha value is -2.22. The average molecular weight is 299 g/mol. The normalized spacial score (nSPS) is 11.8. The van der Waals surface area contributed by atoms with Gasteiger partial charge in [0.05, 0.1) is 22.8 Å². The molecule has 2 N–H and O–H groups in total. The second kappa shape index (κ2) is 7.53. The first-order valence-corrected chi connectivity index (χ1v) is 6.46. The molecule has 0 saturated carbocycles. The lowest BCUT2D eigenvalue weighted by molar-refractivity contribution is -0.385. The van der Waals surface area contributed by atoms with Gasteiger partial charge in [-0.15, -0.1) is 0 Å². The van der Waals surface area contributed by atoms with Gasteiger partial charge in [-0.2, -0.15) is 0 Å². The van der Waals surface area contributed by atoms with Crippen molar-refractivity contribution in [1.29, 1.82) is 0 Å². The highest BCUT2D eigenvalue weighted by molar-refractivity contribution is 5.99.